The van der Waals surface area contributed by atoms with Gasteiger partial charge in [0.05, 0.1) is 29.7 Å². The third kappa shape index (κ3) is 4.00. The molecule has 136 valence electrons. The van der Waals surface area contributed by atoms with Gasteiger partial charge < -0.3 is 9.64 Å². The normalized spacial score (nSPS) is 23.8. The Morgan fingerprint density at radius 1 is 1.28 bits per heavy atom. The van der Waals surface area contributed by atoms with E-state index in [1.54, 1.807) is 30.8 Å². The summed E-state index contributed by atoms with van der Waals surface area (Å²) in [6.07, 6.45) is 0.937. The lowest BCUT2D eigenvalue weighted by Crippen LogP contribution is -2.29. The largest absolute Gasteiger partial charge is 0.462 e. The summed E-state index contributed by atoms with van der Waals surface area (Å²) in [5.41, 5.74) is 1.47. The van der Waals surface area contributed by atoms with Gasteiger partial charge in [0, 0.05) is 17.5 Å². The highest BCUT2D eigenvalue weighted by molar-refractivity contribution is 8.15. The molecule has 1 fully saturated rings. The maximum absolute atomic E-state index is 11.8. The summed E-state index contributed by atoms with van der Waals surface area (Å²) < 4.78 is 28.5. The standard InChI is InChI=1S/C17H22N2O4S2/c1-3-9-19(13-7-5-12(6-8-13)16(20)23-4-2)17-18-14-10-25(21,22)11-15(14)24-17/h5-8,14-15H,3-4,9-11H2,1-2H3/t14-,15+/m1/s1. The predicted molar refractivity (Wildman–Crippen MR) is 101 cm³/mol. The second kappa shape index (κ2) is 7.37. The van der Waals surface area contributed by atoms with E-state index in [0.29, 0.717) is 12.2 Å². The number of amidine groups is 1. The van der Waals surface area contributed by atoms with Crippen molar-refractivity contribution in [2.75, 3.05) is 29.6 Å². The van der Waals surface area contributed by atoms with E-state index in [-0.39, 0.29) is 28.8 Å². The number of esters is 1. The number of ether oxygens (including phenoxy) is 1. The first-order chi connectivity index (χ1) is 11.9. The fourth-order valence-corrected chi connectivity index (χ4v) is 6.83. The van der Waals surface area contributed by atoms with Crippen molar-refractivity contribution < 1.29 is 17.9 Å². The number of thioether (sulfide) groups is 1. The van der Waals surface area contributed by atoms with E-state index >= 15 is 0 Å². The second-order valence-corrected chi connectivity index (χ2v) is 9.49. The smallest absolute Gasteiger partial charge is 0.338 e. The van der Waals surface area contributed by atoms with Crippen LogP contribution in [0.3, 0.4) is 0 Å². The van der Waals surface area contributed by atoms with Crippen LogP contribution >= 0.6 is 11.8 Å². The quantitative estimate of drug-likeness (QED) is 0.728. The molecule has 0 saturated carbocycles. The Bertz CT molecular complexity index is 774. The molecule has 0 spiro atoms. The van der Waals surface area contributed by atoms with Gasteiger partial charge >= 0.3 is 5.97 Å². The molecule has 2 aliphatic rings. The number of aliphatic imine (C=N–C) groups is 1. The third-order valence-corrected chi connectivity index (χ3v) is 7.42. The van der Waals surface area contributed by atoms with Crippen LogP contribution in [0.5, 0.6) is 0 Å². The molecular formula is C17H22N2O4S2. The Kier molecular flexibility index (Phi) is 5.38. The Hall–Kier alpha value is -1.54. The number of nitrogens with zero attached hydrogens (tertiary/aromatic N) is 2. The lowest BCUT2D eigenvalue weighted by Gasteiger charge is -2.24. The number of anilines is 1. The molecular weight excluding hydrogens is 360 g/mol. The van der Waals surface area contributed by atoms with Crippen molar-refractivity contribution in [3.05, 3.63) is 29.8 Å². The number of carbonyl (C=O) groups is 1. The average molecular weight is 383 g/mol. The molecule has 3 rings (SSSR count). The van der Waals surface area contributed by atoms with Crippen LogP contribution in [0.4, 0.5) is 5.69 Å². The summed E-state index contributed by atoms with van der Waals surface area (Å²) in [7, 11) is -2.95. The van der Waals surface area contributed by atoms with Gasteiger partial charge in [0.2, 0.25) is 0 Å². The van der Waals surface area contributed by atoms with Crippen LogP contribution < -0.4 is 4.90 Å². The van der Waals surface area contributed by atoms with Gasteiger partial charge in [-0.3, -0.25) is 4.99 Å². The van der Waals surface area contributed by atoms with E-state index in [0.717, 1.165) is 23.8 Å². The summed E-state index contributed by atoms with van der Waals surface area (Å²) in [6, 6.07) is 7.14. The molecule has 2 heterocycles. The lowest BCUT2D eigenvalue weighted by atomic mass is 10.2. The van der Waals surface area contributed by atoms with Gasteiger partial charge in [0.25, 0.3) is 0 Å². The number of fused-ring (bicyclic) bond motifs is 1. The highest BCUT2D eigenvalue weighted by Crippen LogP contribution is 2.36. The van der Waals surface area contributed by atoms with E-state index in [1.165, 1.54) is 0 Å². The molecule has 25 heavy (non-hydrogen) atoms. The zero-order valence-corrected chi connectivity index (χ0v) is 16.0. The summed E-state index contributed by atoms with van der Waals surface area (Å²) in [5.74, 6) is 0.0240. The molecule has 0 radical (unpaired) electrons. The van der Waals surface area contributed by atoms with E-state index < -0.39 is 9.84 Å². The van der Waals surface area contributed by atoms with Gasteiger partial charge in [-0.25, -0.2) is 13.2 Å². The van der Waals surface area contributed by atoms with E-state index in [9.17, 15) is 13.2 Å². The van der Waals surface area contributed by atoms with Crippen LogP contribution in [-0.2, 0) is 14.6 Å². The first kappa shape index (κ1) is 18.3. The summed E-state index contributed by atoms with van der Waals surface area (Å²) in [4.78, 5) is 18.5. The van der Waals surface area contributed by atoms with Crippen LogP contribution in [0.25, 0.3) is 0 Å². The van der Waals surface area contributed by atoms with Crippen molar-refractivity contribution in [3.8, 4) is 0 Å². The first-order valence-electron chi connectivity index (χ1n) is 8.43. The van der Waals surface area contributed by atoms with Crippen LogP contribution in [0.2, 0.25) is 0 Å². The molecule has 0 bridgehead atoms. The Morgan fingerprint density at radius 3 is 2.60 bits per heavy atom. The molecule has 0 amide bonds. The van der Waals surface area contributed by atoms with Gasteiger partial charge in [-0.05, 0) is 37.6 Å². The molecule has 0 unspecified atom stereocenters. The predicted octanol–water partition coefficient (Wildman–Crippen LogP) is 2.35. The molecule has 0 N–H and O–H groups in total. The Labute approximate surface area is 152 Å². The van der Waals surface area contributed by atoms with Crippen molar-refractivity contribution >= 4 is 38.4 Å². The number of hydrogen-bond donors (Lipinski definition) is 0. The summed E-state index contributed by atoms with van der Waals surface area (Å²) in [6.45, 7) is 5.01. The van der Waals surface area contributed by atoms with Crippen LogP contribution in [0.1, 0.15) is 30.6 Å². The SMILES string of the molecule is CCCN(C1=N[C@@H]2CS(=O)(=O)C[C@@H]2S1)c1ccc(C(=O)OCC)cc1. The molecule has 0 aliphatic carbocycles. The fraction of sp³-hybridized carbons (Fsp3) is 0.529. The number of sulfone groups is 1. The van der Waals surface area contributed by atoms with E-state index in [1.807, 2.05) is 12.1 Å². The van der Waals surface area contributed by atoms with Crippen LogP contribution in [0.15, 0.2) is 29.3 Å². The minimum absolute atomic E-state index is 0.0261. The lowest BCUT2D eigenvalue weighted by molar-refractivity contribution is 0.0526. The van der Waals surface area contributed by atoms with Crippen LogP contribution in [0, 0.1) is 0 Å². The minimum atomic E-state index is -2.95. The van der Waals surface area contributed by atoms with Gasteiger partial charge in [-0.15, -0.1) is 0 Å². The Morgan fingerprint density at radius 2 is 2.00 bits per heavy atom. The fourth-order valence-electron chi connectivity index (χ4n) is 3.02. The molecule has 0 aromatic heterocycles. The van der Waals surface area contributed by atoms with Crippen molar-refractivity contribution in [1.82, 2.24) is 0 Å². The van der Waals surface area contributed by atoms with Crippen LogP contribution in [-0.4, -0.2) is 55.5 Å². The van der Waals surface area contributed by atoms with E-state index in [4.69, 9.17) is 4.74 Å². The molecule has 6 nitrogen and oxygen atoms in total. The zero-order chi connectivity index (χ0) is 18.0. The maximum Gasteiger partial charge on any atom is 0.338 e. The number of carbonyl (C=O) groups excluding carboxylic acids is 1. The topological polar surface area (TPSA) is 76.0 Å². The highest BCUT2D eigenvalue weighted by Gasteiger charge is 2.43. The second-order valence-electron chi connectivity index (χ2n) is 6.13. The molecule has 8 heteroatoms. The van der Waals surface area contributed by atoms with Gasteiger partial charge in [0.15, 0.2) is 15.0 Å². The first-order valence-corrected chi connectivity index (χ1v) is 11.1. The summed E-state index contributed by atoms with van der Waals surface area (Å²) in [5, 5.41) is 0.897. The van der Waals surface area contributed by atoms with Crippen molar-refractivity contribution in [1.29, 1.82) is 0 Å². The third-order valence-electron chi connectivity index (χ3n) is 4.17. The molecule has 1 aromatic carbocycles. The summed E-state index contributed by atoms with van der Waals surface area (Å²) >= 11 is 1.55. The maximum atomic E-state index is 11.8. The van der Waals surface area contributed by atoms with Gasteiger partial charge in [-0.2, -0.15) is 0 Å². The van der Waals surface area contributed by atoms with Crippen molar-refractivity contribution in [2.45, 2.75) is 31.6 Å². The molecule has 2 atom stereocenters. The Balaban J connectivity index is 1.79. The van der Waals surface area contributed by atoms with Gasteiger partial charge in [0.1, 0.15) is 0 Å². The highest BCUT2D eigenvalue weighted by atomic mass is 32.2. The monoisotopic (exact) mass is 382 g/mol. The number of hydrogen-bond acceptors (Lipinski definition) is 7. The number of rotatable bonds is 5. The minimum Gasteiger partial charge on any atom is -0.462 e. The zero-order valence-electron chi connectivity index (χ0n) is 14.3. The molecule has 1 aromatic rings. The van der Waals surface area contributed by atoms with Gasteiger partial charge in [-0.1, -0.05) is 18.7 Å². The van der Waals surface area contributed by atoms with E-state index in [2.05, 4.69) is 16.8 Å². The average Bonchev–Trinajstić information content (AvgIpc) is 3.06. The molecule has 2 aliphatic heterocycles. The number of benzene rings is 1. The van der Waals surface area contributed by atoms with Crippen molar-refractivity contribution in [2.24, 2.45) is 4.99 Å². The molecule has 1 saturated heterocycles. The van der Waals surface area contributed by atoms with Crippen molar-refractivity contribution in [3.63, 3.8) is 0 Å².